The second kappa shape index (κ2) is 10.2. The van der Waals surface area contributed by atoms with Crippen LogP contribution in [0.25, 0.3) is 0 Å². The quantitative estimate of drug-likeness (QED) is 0.721. The molecule has 1 atom stereocenters. The van der Waals surface area contributed by atoms with Crippen LogP contribution in [-0.4, -0.2) is 45.3 Å². The molecule has 0 radical (unpaired) electrons. The van der Waals surface area contributed by atoms with E-state index in [0.717, 1.165) is 49.2 Å². The van der Waals surface area contributed by atoms with Crippen LogP contribution in [0.5, 0.6) is 0 Å². The predicted molar refractivity (Wildman–Crippen MR) is 105 cm³/mol. The molecule has 0 saturated carbocycles. The van der Waals surface area contributed by atoms with E-state index in [1.54, 1.807) is 11.8 Å². The van der Waals surface area contributed by atoms with Crippen molar-refractivity contribution in [3.8, 4) is 0 Å². The number of nitrogens with one attached hydrogen (secondary N) is 1. The van der Waals surface area contributed by atoms with Gasteiger partial charge in [0.25, 0.3) is 0 Å². The molecule has 1 aliphatic heterocycles. The fraction of sp³-hybridized carbons (Fsp3) is 0.556. The second-order valence-corrected chi connectivity index (χ2v) is 7.52. The highest BCUT2D eigenvalue weighted by Crippen LogP contribution is 2.28. The first kappa shape index (κ1) is 20.2. The topological polar surface area (TPSA) is 63.0 Å². The molecule has 1 fully saturated rings. The van der Waals surface area contributed by atoms with Gasteiger partial charge in [-0.1, -0.05) is 49.0 Å². The summed E-state index contributed by atoms with van der Waals surface area (Å²) in [7, 11) is 0. The number of aromatic nitrogens is 3. The molecule has 25 heavy (non-hydrogen) atoms. The number of hydrogen-bond donors (Lipinski definition) is 2. The lowest BCUT2D eigenvalue weighted by Gasteiger charge is -2.23. The summed E-state index contributed by atoms with van der Waals surface area (Å²) in [4.78, 5) is 0. The number of aliphatic hydroxyl groups excluding tert-OH is 1. The number of thioether (sulfide) groups is 1. The van der Waals surface area contributed by atoms with E-state index in [9.17, 15) is 5.11 Å². The summed E-state index contributed by atoms with van der Waals surface area (Å²) < 4.78 is 2.28. The predicted octanol–water partition coefficient (Wildman–Crippen LogP) is 2.94. The van der Waals surface area contributed by atoms with Crippen molar-refractivity contribution in [1.82, 2.24) is 20.1 Å². The van der Waals surface area contributed by atoms with Crippen LogP contribution in [0.1, 0.15) is 37.1 Å². The maximum atomic E-state index is 9.26. The van der Waals surface area contributed by atoms with E-state index >= 15 is 0 Å². The lowest BCUT2D eigenvalue weighted by molar-refractivity contribution is 0.250. The minimum Gasteiger partial charge on any atom is -0.396 e. The average Bonchev–Trinajstić information content (AvgIpc) is 3.04. The maximum absolute atomic E-state index is 9.26. The SMILES string of the molecule is C[C@H](CO)CSc1nnc(C2CCNCC2)n1Cc1ccccc1.Cl. The Morgan fingerprint density at radius 2 is 1.96 bits per heavy atom. The van der Waals surface area contributed by atoms with Gasteiger partial charge in [-0.3, -0.25) is 0 Å². The third kappa shape index (κ3) is 5.45. The van der Waals surface area contributed by atoms with Gasteiger partial charge in [-0.25, -0.2) is 0 Å². The van der Waals surface area contributed by atoms with E-state index in [4.69, 9.17) is 0 Å². The van der Waals surface area contributed by atoms with Gasteiger partial charge in [0.15, 0.2) is 5.16 Å². The summed E-state index contributed by atoms with van der Waals surface area (Å²) in [6, 6.07) is 10.5. The summed E-state index contributed by atoms with van der Waals surface area (Å²) in [6.07, 6.45) is 2.23. The van der Waals surface area contributed by atoms with E-state index in [1.807, 2.05) is 6.07 Å². The van der Waals surface area contributed by atoms with Crippen LogP contribution in [-0.2, 0) is 6.54 Å². The van der Waals surface area contributed by atoms with E-state index < -0.39 is 0 Å². The lowest BCUT2D eigenvalue weighted by atomic mass is 9.97. The second-order valence-electron chi connectivity index (χ2n) is 6.54. The minimum atomic E-state index is 0. The molecule has 3 rings (SSSR count). The lowest BCUT2D eigenvalue weighted by Crippen LogP contribution is -2.28. The van der Waals surface area contributed by atoms with E-state index in [-0.39, 0.29) is 24.9 Å². The first-order valence-corrected chi connectivity index (χ1v) is 9.68. The van der Waals surface area contributed by atoms with Crippen LogP contribution in [0, 0.1) is 5.92 Å². The molecule has 1 saturated heterocycles. The summed E-state index contributed by atoms with van der Waals surface area (Å²) >= 11 is 1.70. The molecule has 1 aliphatic rings. The molecule has 2 aromatic rings. The zero-order valence-corrected chi connectivity index (χ0v) is 16.2. The van der Waals surface area contributed by atoms with Crippen molar-refractivity contribution in [2.24, 2.45) is 5.92 Å². The Bertz CT molecular complexity index is 631. The van der Waals surface area contributed by atoms with E-state index in [2.05, 4.69) is 51.3 Å². The third-order valence-corrected chi connectivity index (χ3v) is 5.74. The molecule has 138 valence electrons. The molecule has 0 bridgehead atoms. The summed E-state index contributed by atoms with van der Waals surface area (Å²) in [5.74, 6) is 2.71. The van der Waals surface area contributed by atoms with Gasteiger partial charge < -0.3 is 15.0 Å². The minimum absolute atomic E-state index is 0. The zero-order chi connectivity index (χ0) is 16.8. The van der Waals surface area contributed by atoms with Crippen LogP contribution in [0.15, 0.2) is 35.5 Å². The van der Waals surface area contributed by atoms with Crippen molar-refractivity contribution in [3.63, 3.8) is 0 Å². The molecule has 0 aliphatic carbocycles. The molecule has 7 heteroatoms. The van der Waals surface area contributed by atoms with Gasteiger partial charge >= 0.3 is 0 Å². The molecule has 1 aromatic carbocycles. The molecular weight excluding hydrogens is 356 g/mol. The Labute approximate surface area is 160 Å². The van der Waals surface area contributed by atoms with E-state index in [0.29, 0.717) is 5.92 Å². The smallest absolute Gasteiger partial charge is 0.191 e. The molecule has 0 spiro atoms. The molecule has 0 amide bonds. The Kier molecular flexibility index (Phi) is 8.22. The zero-order valence-electron chi connectivity index (χ0n) is 14.6. The average molecular weight is 383 g/mol. The molecule has 1 aromatic heterocycles. The standard InChI is InChI=1S/C18H26N4OS.ClH/c1-14(12-23)13-24-18-21-20-17(16-7-9-19-10-8-16)22(18)11-15-5-3-2-4-6-15;/h2-6,14,16,19,23H,7-13H2,1H3;1H/t14-;/m1./s1. The van der Waals surface area contributed by atoms with Gasteiger partial charge in [-0.15, -0.1) is 22.6 Å². The summed E-state index contributed by atoms with van der Waals surface area (Å²) in [5.41, 5.74) is 1.27. The Hall–Kier alpha value is -1.08. The highest BCUT2D eigenvalue weighted by Gasteiger charge is 2.23. The summed E-state index contributed by atoms with van der Waals surface area (Å²) in [6.45, 7) is 5.17. The number of hydrogen-bond acceptors (Lipinski definition) is 5. The number of nitrogens with zero attached hydrogens (tertiary/aromatic N) is 3. The first-order valence-electron chi connectivity index (χ1n) is 8.69. The molecular formula is C18H27ClN4OS. The fourth-order valence-electron chi connectivity index (χ4n) is 2.97. The third-order valence-electron chi connectivity index (χ3n) is 4.44. The van der Waals surface area contributed by atoms with Crippen molar-refractivity contribution < 1.29 is 5.11 Å². The maximum Gasteiger partial charge on any atom is 0.191 e. The Morgan fingerprint density at radius 1 is 1.24 bits per heavy atom. The fourth-order valence-corrected chi connectivity index (χ4v) is 3.92. The van der Waals surface area contributed by atoms with Crippen molar-refractivity contribution >= 4 is 24.2 Å². The van der Waals surface area contributed by atoms with Crippen molar-refractivity contribution in [3.05, 3.63) is 41.7 Å². The highest BCUT2D eigenvalue weighted by molar-refractivity contribution is 7.99. The summed E-state index contributed by atoms with van der Waals surface area (Å²) in [5, 5.41) is 22.7. The molecule has 2 N–H and O–H groups in total. The largest absolute Gasteiger partial charge is 0.396 e. The Balaban J connectivity index is 0.00000225. The highest BCUT2D eigenvalue weighted by atomic mass is 35.5. The first-order chi connectivity index (χ1) is 11.8. The number of aliphatic hydroxyl groups is 1. The molecule has 2 heterocycles. The van der Waals surface area contributed by atoms with Crippen LogP contribution >= 0.6 is 24.2 Å². The van der Waals surface area contributed by atoms with Gasteiger partial charge in [0, 0.05) is 18.3 Å². The number of piperidine rings is 1. The van der Waals surface area contributed by atoms with Crippen molar-refractivity contribution in [1.29, 1.82) is 0 Å². The van der Waals surface area contributed by atoms with E-state index in [1.165, 1.54) is 5.56 Å². The van der Waals surface area contributed by atoms with Gasteiger partial charge in [0.1, 0.15) is 5.82 Å². The van der Waals surface area contributed by atoms with Crippen LogP contribution in [0.2, 0.25) is 0 Å². The monoisotopic (exact) mass is 382 g/mol. The van der Waals surface area contributed by atoms with Crippen molar-refractivity contribution in [2.75, 3.05) is 25.4 Å². The van der Waals surface area contributed by atoms with Crippen LogP contribution in [0.3, 0.4) is 0 Å². The Morgan fingerprint density at radius 3 is 2.64 bits per heavy atom. The number of benzene rings is 1. The number of rotatable bonds is 7. The normalized spacial score (nSPS) is 16.4. The van der Waals surface area contributed by atoms with Crippen LogP contribution < -0.4 is 5.32 Å². The van der Waals surface area contributed by atoms with Gasteiger partial charge in [0.05, 0.1) is 6.54 Å². The van der Waals surface area contributed by atoms with Crippen LogP contribution in [0.4, 0.5) is 0 Å². The van der Waals surface area contributed by atoms with Gasteiger partial charge in [-0.05, 0) is 37.4 Å². The number of halogens is 1. The van der Waals surface area contributed by atoms with Gasteiger partial charge in [0.2, 0.25) is 0 Å². The van der Waals surface area contributed by atoms with Crippen molar-refractivity contribution in [2.45, 2.75) is 37.4 Å². The molecule has 0 unspecified atom stereocenters. The van der Waals surface area contributed by atoms with Gasteiger partial charge in [-0.2, -0.15) is 0 Å². The molecule has 5 nitrogen and oxygen atoms in total.